The van der Waals surface area contributed by atoms with Crippen LogP contribution in [0.5, 0.6) is 5.75 Å². The molecule has 0 heterocycles. The molecule has 0 aliphatic rings. The summed E-state index contributed by atoms with van der Waals surface area (Å²) in [4.78, 5) is 44.4. The Labute approximate surface area is 162 Å². The Balaban J connectivity index is 2.07. The van der Waals surface area contributed by atoms with Crippen molar-refractivity contribution in [3.05, 3.63) is 67.2 Å². The van der Waals surface area contributed by atoms with E-state index in [0.717, 1.165) is 24.3 Å². The molecule has 146 valence electrons. The highest BCUT2D eigenvalue weighted by Gasteiger charge is 2.23. The lowest BCUT2D eigenvalue weighted by atomic mass is 10.2. The van der Waals surface area contributed by atoms with Crippen LogP contribution in [0.2, 0.25) is 5.02 Å². The van der Waals surface area contributed by atoms with Crippen LogP contribution in [0.4, 0.5) is 17.1 Å². The van der Waals surface area contributed by atoms with Gasteiger partial charge in [-0.05, 0) is 18.2 Å². The predicted octanol–water partition coefficient (Wildman–Crippen LogP) is 2.96. The van der Waals surface area contributed by atoms with Crippen molar-refractivity contribution in [2.24, 2.45) is 0 Å². The Hall–Kier alpha value is -3.73. The van der Waals surface area contributed by atoms with Gasteiger partial charge in [-0.2, -0.15) is 0 Å². The fraction of sp³-hybridized carbons (Fsp3) is 0.125. The predicted molar refractivity (Wildman–Crippen MR) is 96.7 cm³/mol. The number of nitro benzene ring substituents is 2. The minimum Gasteiger partial charge on any atom is -0.494 e. The van der Waals surface area contributed by atoms with Gasteiger partial charge in [0.25, 0.3) is 17.3 Å². The molecule has 28 heavy (non-hydrogen) atoms. The first-order chi connectivity index (χ1) is 13.2. The van der Waals surface area contributed by atoms with Crippen LogP contribution >= 0.6 is 11.6 Å². The topological polar surface area (TPSA) is 151 Å². The van der Waals surface area contributed by atoms with E-state index in [1.54, 1.807) is 0 Å². The van der Waals surface area contributed by atoms with Crippen LogP contribution in [0.1, 0.15) is 10.4 Å². The van der Waals surface area contributed by atoms with Crippen LogP contribution in [0.3, 0.4) is 0 Å². The molecule has 0 saturated heterocycles. The van der Waals surface area contributed by atoms with E-state index in [2.05, 4.69) is 5.32 Å². The molecule has 1 N–H and O–H groups in total. The molecule has 2 rings (SSSR count). The number of nitrogens with zero attached hydrogens (tertiary/aromatic N) is 2. The summed E-state index contributed by atoms with van der Waals surface area (Å²) in [6.45, 7) is -0.761. The van der Waals surface area contributed by atoms with Crippen molar-refractivity contribution < 1.29 is 28.9 Å². The van der Waals surface area contributed by atoms with Gasteiger partial charge < -0.3 is 14.8 Å². The van der Waals surface area contributed by atoms with E-state index >= 15 is 0 Å². The van der Waals surface area contributed by atoms with Crippen molar-refractivity contribution >= 4 is 40.5 Å². The molecule has 2 aromatic carbocycles. The van der Waals surface area contributed by atoms with E-state index in [1.165, 1.54) is 19.2 Å². The number of hydrogen-bond donors (Lipinski definition) is 1. The number of nitro groups is 2. The second-order valence-corrected chi connectivity index (χ2v) is 5.62. The lowest BCUT2D eigenvalue weighted by Crippen LogP contribution is -2.21. The highest BCUT2D eigenvalue weighted by Crippen LogP contribution is 2.29. The quantitative estimate of drug-likeness (QED) is 0.416. The van der Waals surface area contributed by atoms with E-state index in [0.29, 0.717) is 0 Å². The van der Waals surface area contributed by atoms with Gasteiger partial charge in [0.15, 0.2) is 6.61 Å². The highest BCUT2D eigenvalue weighted by molar-refractivity contribution is 6.31. The third kappa shape index (κ3) is 4.92. The first-order valence-electron chi connectivity index (χ1n) is 7.46. The van der Waals surface area contributed by atoms with E-state index in [-0.39, 0.29) is 22.1 Å². The normalized spacial score (nSPS) is 10.1. The number of non-ortho nitro benzene ring substituents is 1. The van der Waals surface area contributed by atoms with Gasteiger partial charge in [-0.3, -0.25) is 25.0 Å². The van der Waals surface area contributed by atoms with Crippen LogP contribution in [-0.2, 0) is 9.53 Å². The standard InChI is InChI=1S/C16H12ClN3O8/c1-27-14-7-10(19(23)24)3-4-12(14)18-15(21)8-28-16(22)11-6-9(17)2-5-13(11)20(25)26/h2-7H,8H2,1H3,(H,18,21). The number of carbonyl (C=O) groups excluding carboxylic acids is 2. The molecule has 0 fully saturated rings. The summed E-state index contributed by atoms with van der Waals surface area (Å²) < 4.78 is 9.75. The smallest absolute Gasteiger partial charge is 0.345 e. The molecule has 0 spiro atoms. The van der Waals surface area contributed by atoms with Crippen molar-refractivity contribution in [2.75, 3.05) is 19.0 Å². The zero-order valence-corrected chi connectivity index (χ0v) is 15.0. The Kier molecular flexibility index (Phi) is 6.45. The molecule has 0 atom stereocenters. The summed E-state index contributed by atoms with van der Waals surface area (Å²) in [5.41, 5.74) is -1.05. The second-order valence-electron chi connectivity index (χ2n) is 5.18. The molecule has 0 aromatic heterocycles. The van der Waals surface area contributed by atoms with Crippen molar-refractivity contribution in [1.29, 1.82) is 0 Å². The Morgan fingerprint density at radius 1 is 1.11 bits per heavy atom. The number of amides is 1. The zero-order valence-electron chi connectivity index (χ0n) is 14.2. The first kappa shape index (κ1) is 20.6. The molecular weight excluding hydrogens is 398 g/mol. The number of benzene rings is 2. The summed E-state index contributed by atoms with van der Waals surface area (Å²) in [5, 5.41) is 24.2. The number of anilines is 1. The van der Waals surface area contributed by atoms with Gasteiger partial charge in [0.05, 0.1) is 28.7 Å². The van der Waals surface area contributed by atoms with Crippen molar-refractivity contribution in [3.63, 3.8) is 0 Å². The average molecular weight is 410 g/mol. The van der Waals surface area contributed by atoms with E-state index in [1.807, 2.05) is 0 Å². The maximum atomic E-state index is 12.1. The van der Waals surface area contributed by atoms with Gasteiger partial charge in [-0.1, -0.05) is 11.6 Å². The maximum Gasteiger partial charge on any atom is 0.345 e. The third-order valence-electron chi connectivity index (χ3n) is 3.38. The summed E-state index contributed by atoms with van der Waals surface area (Å²) >= 11 is 5.73. The summed E-state index contributed by atoms with van der Waals surface area (Å²) in [6.07, 6.45) is 0. The largest absolute Gasteiger partial charge is 0.494 e. The molecule has 0 aliphatic heterocycles. The molecular formula is C16H12ClN3O8. The number of methoxy groups -OCH3 is 1. The Morgan fingerprint density at radius 2 is 1.82 bits per heavy atom. The van der Waals surface area contributed by atoms with Crippen LogP contribution in [0, 0.1) is 20.2 Å². The zero-order chi connectivity index (χ0) is 20.8. The average Bonchev–Trinajstić information content (AvgIpc) is 2.65. The SMILES string of the molecule is COc1cc([N+](=O)[O-])ccc1NC(=O)COC(=O)c1cc(Cl)ccc1[N+](=O)[O-]. The summed E-state index contributed by atoms with van der Waals surface area (Å²) in [5.74, 6) is -1.87. The molecule has 1 amide bonds. The molecule has 12 heteroatoms. The highest BCUT2D eigenvalue weighted by atomic mass is 35.5. The van der Waals surface area contributed by atoms with Crippen molar-refractivity contribution in [1.82, 2.24) is 0 Å². The van der Waals surface area contributed by atoms with E-state index in [4.69, 9.17) is 21.1 Å². The molecule has 0 saturated carbocycles. The number of esters is 1. The maximum absolute atomic E-state index is 12.1. The van der Waals surface area contributed by atoms with Gasteiger partial charge in [0.1, 0.15) is 11.3 Å². The fourth-order valence-corrected chi connectivity index (χ4v) is 2.29. The first-order valence-corrected chi connectivity index (χ1v) is 7.84. The van der Waals surface area contributed by atoms with Gasteiger partial charge in [-0.25, -0.2) is 4.79 Å². The monoisotopic (exact) mass is 409 g/mol. The summed E-state index contributed by atoms with van der Waals surface area (Å²) in [6, 6.07) is 6.85. The third-order valence-corrected chi connectivity index (χ3v) is 3.61. The van der Waals surface area contributed by atoms with E-state index in [9.17, 15) is 29.8 Å². The molecule has 0 radical (unpaired) electrons. The van der Waals surface area contributed by atoms with Crippen LogP contribution in [0.15, 0.2) is 36.4 Å². The van der Waals surface area contributed by atoms with Gasteiger partial charge in [0, 0.05) is 17.2 Å². The number of ether oxygens (including phenoxy) is 2. The van der Waals surface area contributed by atoms with Gasteiger partial charge in [0.2, 0.25) is 0 Å². The minimum atomic E-state index is -1.11. The van der Waals surface area contributed by atoms with Crippen LogP contribution < -0.4 is 10.1 Å². The molecule has 0 aliphatic carbocycles. The minimum absolute atomic E-state index is 0.0272. The molecule has 0 unspecified atom stereocenters. The van der Waals surface area contributed by atoms with E-state index < -0.39 is 39.6 Å². The number of nitrogens with one attached hydrogen (secondary N) is 1. The molecule has 2 aromatic rings. The number of halogens is 1. The number of hydrogen-bond acceptors (Lipinski definition) is 8. The van der Waals surface area contributed by atoms with Gasteiger partial charge in [-0.15, -0.1) is 0 Å². The Morgan fingerprint density at radius 3 is 2.43 bits per heavy atom. The lowest BCUT2D eigenvalue weighted by Gasteiger charge is -2.10. The van der Waals surface area contributed by atoms with Crippen molar-refractivity contribution in [3.8, 4) is 5.75 Å². The fourth-order valence-electron chi connectivity index (χ4n) is 2.12. The molecule has 11 nitrogen and oxygen atoms in total. The van der Waals surface area contributed by atoms with Crippen LogP contribution in [0.25, 0.3) is 0 Å². The van der Waals surface area contributed by atoms with Crippen LogP contribution in [-0.4, -0.2) is 35.4 Å². The Bertz CT molecular complexity index is 963. The van der Waals surface area contributed by atoms with Gasteiger partial charge >= 0.3 is 5.97 Å². The molecule has 0 bridgehead atoms. The lowest BCUT2D eigenvalue weighted by molar-refractivity contribution is -0.385. The summed E-state index contributed by atoms with van der Waals surface area (Å²) in [7, 11) is 1.26. The number of carbonyl (C=O) groups is 2. The van der Waals surface area contributed by atoms with Crippen molar-refractivity contribution in [2.45, 2.75) is 0 Å². The second kappa shape index (κ2) is 8.77. The number of rotatable bonds is 7.